The van der Waals surface area contributed by atoms with Crippen LogP contribution in [0.3, 0.4) is 0 Å². The highest BCUT2D eigenvalue weighted by atomic mass is 16.3. The predicted octanol–water partition coefficient (Wildman–Crippen LogP) is 22.1. The topological polar surface area (TPSA) is 81.4 Å². The highest BCUT2D eigenvalue weighted by Crippen LogP contribution is 2.52. The molecule has 0 N–H and O–H groups in total. The van der Waals surface area contributed by atoms with E-state index in [0.29, 0.717) is 55.0 Å². The van der Waals surface area contributed by atoms with E-state index in [1.165, 1.54) is 11.1 Å². The van der Waals surface area contributed by atoms with Crippen LogP contribution in [0.2, 0.25) is 0 Å². The minimum Gasteiger partial charge on any atom is -0.456 e. The molecule has 5 nitrogen and oxygen atoms in total. The van der Waals surface area contributed by atoms with Crippen molar-refractivity contribution < 1.29 is 4.42 Å². The van der Waals surface area contributed by atoms with Gasteiger partial charge in [-0.2, -0.15) is 0 Å². The summed E-state index contributed by atoms with van der Waals surface area (Å²) in [7, 11) is 0. The Morgan fingerprint density at radius 1 is 0.179 bits per heavy atom. The van der Waals surface area contributed by atoms with Crippen molar-refractivity contribution in [2.24, 2.45) is 0 Å². The second-order valence-corrected chi connectivity index (χ2v) is 24.6. The average molecular weight is 1220 g/mol. The molecule has 0 aliphatic heterocycles. The molecule has 0 aliphatic carbocycles. The number of aryl methyl sites for hydroxylation is 2. The second-order valence-electron chi connectivity index (χ2n) is 24.6. The molecule has 0 atom stereocenters. The first-order chi connectivity index (χ1) is 46.7. The zero-order valence-electron chi connectivity index (χ0n) is 51.9. The Balaban J connectivity index is 0.000000437. The quantitative estimate of drug-likeness (QED) is 0.130. The Morgan fingerprint density at radius 3 is 0.642 bits per heavy atom. The highest BCUT2D eigenvalue weighted by Gasteiger charge is 2.31. The third-order valence-electron chi connectivity index (χ3n) is 19.2. The Bertz CT molecular complexity index is 6180. The van der Waals surface area contributed by atoms with Gasteiger partial charge in [0, 0.05) is 76.1 Å². The number of rotatable bonds is 4. The first-order valence-electron chi connectivity index (χ1n) is 32.1. The van der Waals surface area contributed by atoms with Gasteiger partial charge in [-0.3, -0.25) is 19.2 Å². The SMILES string of the molecule is Cc1ccccc1.Cc1ccccc1.O=c1c2ccc3oc4ccc5c(=O)c6c(-c7ccccc7)c7c8ccccc8c8ccccc8c7c(-c7ccccc7)c6c(=O)c5c4c3c2c(=O)c2c(-c3ccccc3)c3c4ccccc4c4ccccc4c3c(-c3ccccc3)c12. The van der Waals surface area contributed by atoms with E-state index in [1.807, 2.05) is 206 Å². The molecule has 18 aromatic carbocycles. The summed E-state index contributed by atoms with van der Waals surface area (Å²) in [4.78, 5) is 66.3. The van der Waals surface area contributed by atoms with Gasteiger partial charge in [0.2, 0.25) is 0 Å². The van der Waals surface area contributed by atoms with E-state index < -0.39 is 0 Å². The van der Waals surface area contributed by atoms with Gasteiger partial charge in [0.1, 0.15) is 11.2 Å². The Hall–Kier alpha value is -12.4. The summed E-state index contributed by atoms with van der Waals surface area (Å²) in [5, 5.41) is 13.8. The maximum absolute atomic E-state index is 16.8. The molecule has 1 aromatic heterocycles. The molecule has 0 spiro atoms. The van der Waals surface area contributed by atoms with Gasteiger partial charge in [0.25, 0.3) is 0 Å². The van der Waals surface area contributed by atoms with Gasteiger partial charge in [0.15, 0.2) is 21.7 Å². The van der Waals surface area contributed by atoms with E-state index in [-0.39, 0.29) is 54.0 Å². The average Bonchev–Trinajstić information content (AvgIpc) is 1.55. The van der Waals surface area contributed by atoms with Crippen molar-refractivity contribution >= 4 is 130 Å². The summed E-state index contributed by atoms with van der Waals surface area (Å²) in [6.07, 6.45) is 0. The number of fused-ring (bicyclic) bond motifs is 21. The minimum absolute atomic E-state index is 0.132. The molecule has 19 aromatic rings. The number of furan rings is 1. The Kier molecular flexibility index (Phi) is 13.5. The molecule has 446 valence electrons. The first kappa shape index (κ1) is 56.5. The van der Waals surface area contributed by atoms with Gasteiger partial charge in [-0.05, 0) is 125 Å². The van der Waals surface area contributed by atoms with Gasteiger partial charge in [-0.15, -0.1) is 0 Å². The molecule has 19 rings (SSSR count). The molecule has 95 heavy (non-hydrogen) atoms. The van der Waals surface area contributed by atoms with Gasteiger partial charge >= 0.3 is 0 Å². The van der Waals surface area contributed by atoms with Crippen LogP contribution in [0, 0.1) is 13.8 Å². The smallest absolute Gasteiger partial charge is 0.195 e. The molecule has 0 amide bonds. The summed E-state index contributed by atoms with van der Waals surface area (Å²) in [5.41, 5.74) is 7.66. The molecule has 0 saturated heterocycles. The molecule has 5 heteroatoms. The summed E-state index contributed by atoms with van der Waals surface area (Å²) < 4.78 is 6.77. The van der Waals surface area contributed by atoms with Crippen molar-refractivity contribution in [3.63, 3.8) is 0 Å². The zero-order chi connectivity index (χ0) is 64.0. The van der Waals surface area contributed by atoms with Crippen LogP contribution in [-0.2, 0) is 0 Å². The van der Waals surface area contributed by atoms with E-state index in [9.17, 15) is 0 Å². The summed E-state index contributed by atoms with van der Waals surface area (Å²) in [6.45, 7) is 4.17. The van der Waals surface area contributed by atoms with E-state index in [4.69, 9.17) is 4.42 Å². The van der Waals surface area contributed by atoms with E-state index in [0.717, 1.165) is 86.9 Å². The largest absolute Gasteiger partial charge is 0.456 e. The van der Waals surface area contributed by atoms with Crippen LogP contribution in [0.15, 0.2) is 327 Å². The second kappa shape index (κ2) is 22.7. The van der Waals surface area contributed by atoms with Crippen molar-refractivity contribution in [1.82, 2.24) is 0 Å². The third kappa shape index (κ3) is 8.85. The number of benzene rings is 18. The maximum Gasteiger partial charge on any atom is 0.195 e. The molecule has 1 heterocycles. The molecule has 0 radical (unpaired) electrons. The van der Waals surface area contributed by atoms with Crippen molar-refractivity contribution in [2.45, 2.75) is 13.8 Å². The Morgan fingerprint density at radius 2 is 0.400 bits per heavy atom. The fourth-order valence-corrected chi connectivity index (χ4v) is 15.2. The van der Waals surface area contributed by atoms with Gasteiger partial charge in [0.05, 0.1) is 0 Å². The van der Waals surface area contributed by atoms with Crippen LogP contribution in [0.1, 0.15) is 11.1 Å². The monoisotopic (exact) mass is 1220 g/mol. The summed E-state index contributed by atoms with van der Waals surface area (Å²) >= 11 is 0. The summed E-state index contributed by atoms with van der Waals surface area (Å²) in [5.74, 6) is 0. The Labute approximate surface area is 544 Å². The zero-order valence-corrected chi connectivity index (χ0v) is 51.9. The lowest BCUT2D eigenvalue weighted by molar-refractivity contribution is 0.669. The van der Waals surface area contributed by atoms with Gasteiger partial charge < -0.3 is 4.42 Å². The molecule has 0 fully saturated rings. The lowest BCUT2D eigenvalue weighted by Gasteiger charge is -2.21. The minimum atomic E-state index is -0.378. The third-order valence-corrected chi connectivity index (χ3v) is 19.2. The highest BCUT2D eigenvalue weighted by molar-refractivity contribution is 6.40. The molecule has 0 aliphatic rings. The van der Waals surface area contributed by atoms with E-state index in [1.54, 1.807) is 24.3 Å². The van der Waals surface area contributed by atoms with Crippen molar-refractivity contribution in [2.75, 3.05) is 0 Å². The molecule has 0 saturated carbocycles. The van der Waals surface area contributed by atoms with E-state index >= 15 is 19.2 Å². The van der Waals surface area contributed by atoms with Crippen LogP contribution in [0.25, 0.3) is 174 Å². The first-order valence-corrected chi connectivity index (χ1v) is 32.1. The van der Waals surface area contributed by atoms with Crippen LogP contribution in [0.5, 0.6) is 0 Å². The molecule has 0 bridgehead atoms. The van der Waals surface area contributed by atoms with Crippen LogP contribution in [-0.4, -0.2) is 0 Å². The standard InChI is InChI=1S/C76H40O5.2C7H8/c77-73-53-37-39-55-67(65(53)75(79)71-59(43-25-9-3-10-26-43)63-51-35-19-15-31-47(51)45-29-13-17-33-49(45)61(63)57(69(71)73)41-21-5-1-6-22-41)68-56(81-55)40-38-54-66(68)76(80)72-60(44-27-11-4-12-28-44)64-52-36-20-16-32-48(52)46-30-14-18-34-50(46)62(64)58(70(72)74(54)78)42-23-7-2-8-24-42;2*1-7-5-3-2-4-6-7/h1-40H;2*2-6H,1H3. The fourth-order valence-electron chi connectivity index (χ4n) is 15.2. The normalized spacial score (nSPS) is 11.6. The van der Waals surface area contributed by atoms with Crippen LogP contribution >= 0.6 is 0 Å². The number of hydrogen-bond acceptors (Lipinski definition) is 5. The van der Waals surface area contributed by atoms with Crippen LogP contribution in [0.4, 0.5) is 0 Å². The molecular formula is C90H56O5. The van der Waals surface area contributed by atoms with Crippen molar-refractivity contribution in [3.05, 3.63) is 355 Å². The summed E-state index contributed by atoms with van der Waals surface area (Å²) in [6, 6.07) is 100. The lowest BCUT2D eigenvalue weighted by atomic mass is 9.80. The van der Waals surface area contributed by atoms with Gasteiger partial charge in [-0.25, -0.2) is 0 Å². The molecular weight excluding hydrogens is 1160 g/mol. The fraction of sp³-hybridized carbons (Fsp3) is 0.0222. The van der Waals surface area contributed by atoms with Crippen LogP contribution < -0.4 is 21.7 Å². The van der Waals surface area contributed by atoms with Crippen molar-refractivity contribution in [1.29, 1.82) is 0 Å². The van der Waals surface area contributed by atoms with Crippen molar-refractivity contribution in [3.8, 4) is 44.5 Å². The van der Waals surface area contributed by atoms with Gasteiger partial charge in [-0.1, -0.05) is 290 Å². The molecule has 0 unspecified atom stereocenters. The maximum atomic E-state index is 16.8. The van der Waals surface area contributed by atoms with E-state index in [2.05, 4.69) is 86.6 Å². The predicted molar refractivity (Wildman–Crippen MR) is 400 cm³/mol. The number of hydrogen-bond donors (Lipinski definition) is 0. The lowest BCUT2D eigenvalue weighted by Crippen LogP contribution is -2.17.